The molecule has 0 radical (unpaired) electrons. The standard InChI is InChI=1S/C9H8N4O.CH4O/c1-6-2-3-10-9(12-6)7-4-11-13-8(7)5-14;1-2/h2-5H,1H3,(H,11,13);2H,1H3. The number of aromatic amines is 1. The SMILES string of the molecule is CO.Cc1ccnc(-c2cn[nH]c2C=O)n1. The van der Waals surface area contributed by atoms with Crippen LogP contribution in [0.4, 0.5) is 0 Å². The van der Waals surface area contributed by atoms with Gasteiger partial charge in [0.1, 0.15) is 5.69 Å². The summed E-state index contributed by atoms with van der Waals surface area (Å²) in [7, 11) is 1.00. The number of H-pyrrole nitrogens is 1. The third-order valence-electron chi connectivity index (χ3n) is 1.82. The second kappa shape index (κ2) is 5.72. The number of aliphatic hydroxyl groups excluding tert-OH is 1. The Morgan fingerprint density at radius 1 is 1.44 bits per heavy atom. The van der Waals surface area contributed by atoms with E-state index in [0.717, 1.165) is 12.8 Å². The van der Waals surface area contributed by atoms with E-state index >= 15 is 0 Å². The largest absolute Gasteiger partial charge is 0.400 e. The number of aldehydes is 1. The Hall–Kier alpha value is -2.08. The fraction of sp³-hybridized carbons (Fsp3) is 0.200. The molecule has 0 aliphatic rings. The molecule has 6 nitrogen and oxygen atoms in total. The van der Waals surface area contributed by atoms with Gasteiger partial charge in [-0.1, -0.05) is 0 Å². The fourth-order valence-corrected chi connectivity index (χ4v) is 1.14. The number of nitrogens with zero attached hydrogens (tertiary/aromatic N) is 3. The Labute approximate surface area is 92.4 Å². The summed E-state index contributed by atoms with van der Waals surface area (Å²) < 4.78 is 0. The molecule has 6 heteroatoms. The van der Waals surface area contributed by atoms with Crippen LogP contribution < -0.4 is 0 Å². The average molecular weight is 220 g/mol. The summed E-state index contributed by atoms with van der Waals surface area (Å²) in [6.45, 7) is 1.87. The predicted octanol–water partition coefficient (Wildman–Crippen LogP) is 0.596. The molecule has 0 fully saturated rings. The number of hydrogen-bond acceptors (Lipinski definition) is 5. The van der Waals surface area contributed by atoms with Crippen LogP contribution in [-0.2, 0) is 0 Å². The molecule has 0 spiro atoms. The van der Waals surface area contributed by atoms with Crippen molar-refractivity contribution in [2.24, 2.45) is 0 Å². The van der Waals surface area contributed by atoms with Crippen LogP contribution in [0.5, 0.6) is 0 Å². The minimum Gasteiger partial charge on any atom is -0.400 e. The number of nitrogens with one attached hydrogen (secondary N) is 1. The van der Waals surface area contributed by atoms with Gasteiger partial charge in [-0.3, -0.25) is 9.89 Å². The van der Waals surface area contributed by atoms with Crippen molar-refractivity contribution in [1.29, 1.82) is 0 Å². The molecule has 2 aromatic rings. The number of carbonyl (C=O) groups excluding carboxylic acids is 1. The number of aromatic nitrogens is 4. The lowest BCUT2D eigenvalue weighted by Crippen LogP contribution is -1.92. The van der Waals surface area contributed by atoms with Crippen LogP contribution in [0.3, 0.4) is 0 Å². The van der Waals surface area contributed by atoms with Crippen molar-refractivity contribution in [2.75, 3.05) is 7.11 Å². The van der Waals surface area contributed by atoms with Gasteiger partial charge >= 0.3 is 0 Å². The Morgan fingerprint density at radius 2 is 2.19 bits per heavy atom. The highest BCUT2D eigenvalue weighted by Crippen LogP contribution is 2.15. The van der Waals surface area contributed by atoms with Crippen molar-refractivity contribution < 1.29 is 9.90 Å². The molecular formula is C10H12N4O2. The monoisotopic (exact) mass is 220 g/mol. The van der Waals surface area contributed by atoms with Crippen LogP contribution in [0.2, 0.25) is 0 Å². The van der Waals surface area contributed by atoms with Gasteiger partial charge in [-0.05, 0) is 13.0 Å². The van der Waals surface area contributed by atoms with E-state index in [1.54, 1.807) is 18.5 Å². The number of rotatable bonds is 2. The molecule has 0 saturated carbocycles. The molecule has 0 bridgehead atoms. The molecule has 0 unspecified atom stereocenters. The summed E-state index contributed by atoms with van der Waals surface area (Å²) in [6.07, 6.45) is 3.89. The van der Waals surface area contributed by atoms with E-state index < -0.39 is 0 Å². The quantitative estimate of drug-likeness (QED) is 0.723. The van der Waals surface area contributed by atoms with E-state index in [2.05, 4.69) is 20.2 Å². The predicted molar refractivity (Wildman–Crippen MR) is 57.9 cm³/mol. The van der Waals surface area contributed by atoms with Gasteiger partial charge < -0.3 is 5.11 Å². The van der Waals surface area contributed by atoms with Crippen LogP contribution in [0.25, 0.3) is 11.4 Å². The molecule has 0 amide bonds. The molecule has 16 heavy (non-hydrogen) atoms. The van der Waals surface area contributed by atoms with Crippen LogP contribution in [-0.4, -0.2) is 38.7 Å². The second-order valence-electron chi connectivity index (χ2n) is 2.84. The molecule has 0 atom stereocenters. The van der Waals surface area contributed by atoms with E-state index in [1.165, 1.54) is 0 Å². The molecule has 84 valence electrons. The zero-order valence-corrected chi connectivity index (χ0v) is 9.01. The number of carbonyl (C=O) groups is 1. The smallest absolute Gasteiger partial charge is 0.168 e. The lowest BCUT2D eigenvalue weighted by molar-refractivity contribution is 0.111. The van der Waals surface area contributed by atoms with Crippen LogP contribution in [0.1, 0.15) is 16.2 Å². The highest BCUT2D eigenvalue weighted by molar-refractivity contribution is 5.82. The molecular weight excluding hydrogens is 208 g/mol. The highest BCUT2D eigenvalue weighted by Gasteiger charge is 2.08. The first kappa shape index (κ1) is 12.0. The van der Waals surface area contributed by atoms with E-state index in [-0.39, 0.29) is 0 Å². The van der Waals surface area contributed by atoms with Crippen molar-refractivity contribution >= 4 is 6.29 Å². The minimum absolute atomic E-state index is 0.399. The van der Waals surface area contributed by atoms with Gasteiger partial charge in [0, 0.05) is 19.0 Å². The third-order valence-corrected chi connectivity index (χ3v) is 1.82. The molecule has 0 aliphatic carbocycles. The number of aliphatic hydroxyl groups is 1. The van der Waals surface area contributed by atoms with Crippen LogP contribution in [0.15, 0.2) is 18.5 Å². The molecule has 0 saturated heterocycles. The summed E-state index contributed by atoms with van der Waals surface area (Å²) in [5, 5.41) is 13.3. The van der Waals surface area contributed by atoms with Crippen molar-refractivity contribution in [2.45, 2.75) is 6.92 Å². The summed E-state index contributed by atoms with van der Waals surface area (Å²) in [6, 6.07) is 1.80. The molecule has 2 heterocycles. The first-order valence-electron chi connectivity index (χ1n) is 4.54. The van der Waals surface area contributed by atoms with E-state index in [9.17, 15) is 4.79 Å². The lowest BCUT2D eigenvalue weighted by atomic mass is 10.2. The van der Waals surface area contributed by atoms with Gasteiger partial charge in [-0.15, -0.1) is 0 Å². The maximum absolute atomic E-state index is 10.6. The maximum atomic E-state index is 10.6. The van der Waals surface area contributed by atoms with Crippen LogP contribution in [0, 0.1) is 6.92 Å². The van der Waals surface area contributed by atoms with Crippen molar-refractivity contribution in [1.82, 2.24) is 20.2 Å². The number of aryl methyl sites for hydroxylation is 1. The van der Waals surface area contributed by atoms with E-state index in [4.69, 9.17) is 5.11 Å². The Bertz CT molecular complexity index is 467. The van der Waals surface area contributed by atoms with Gasteiger partial charge in [0.05, 0.1) is 11.8 Å². The van der Waals surface area contributed by atoms with Crippen molar-refractivity contribution in [3.05, 3.63) is 29.8 Å². The zero-order chi connectivity index (χ0) is 12.0. The summed E-state index contributed by atoms with van der Waals surface area (Å²) in [5.41, 5.74) is 1.88. The Kier molecular flexibility index (Phi) is 4.28. The summed E-state index contributed by atoms with van der Waals surface area (Å²) in [5.74, 6) is 0.515. The Morgan fingerprint density at radius 3 is 2.81 bits per heavy atom. The molecule has 0 aromatic carbocycles. The van der Waals surface area contributed by atoms with E-state index in [1.807, 2.05) is 6.92 Å². The second-order valence-corrected chi connectivity index (χ2v) is 2.84. The minimum atomic E-state index is 0.399. The van der Waals surface area contributed by atoms with Gasteiger partial charge in [0.2, 0.25) is 0 Å². The first-order chi connectivity index (χ1) is 7.81. The van der Waals surface area contributed by atoms with Gasteiger partial charge in [-0.25, -0.2) is 9.97 Å². The first-order valence-corrected chi connectivity index (χ1v) is 4.54. The molecule has 2 rings (SSSR count). The van der Waals surface area contributed by atoms with Gasteiger partial charge in [-0.2, -0.15) is 5.10 Å². The van der Waals surface area contributed by atoms with Crippen LogP contribution >= 0.6 is 0 Å². The van der Waals surface area contributed by atoms with Crippen molar-refractivity contribution in [3.8, 4) is 11.4 Å². The Balaban J connectivity index is 0.000000606. The fourth-order valence-electron chi connectivity index (χ4n) is 1.14. The molecule has 2 N–H and O–H groups in total. The topological polar surface area (TPSA) is 91.8 Å². The lowest BCUT2D eigenvalue weighted by Gasteiger charge is -1.97. The van der Waals surface area contributed by atoms with Gasteiger partial charge in [0.25, 0.3) is 0 Å². The van der Waals surface area contributed by atoms with Gasteiger partial charge in [0.15, 0.2) is 12.1 Å². The van der Waals surface area contributed by atoms with Crippen molar-refractivity contribution in [3.63, 3.8) is 0 Å². The normalized spacial score (nSPS) is 9.19. The molecule has 2 aromatic heterocycles. The zero-order valence-electron chi connectivity index (χ0n) is 9.01. The average Bonchev–Trinajstić information content (AvgIpc) is 2.80. The summed E-state index contributed by atoms with van der Waals surface area (Å²) >= 11 is 0. The molecule has 0 aliphatic heterocycles. The van der Waals surface area contributed by atoms with E-state index in [0.29, 0.717) is 23.4 Å². The number of hydrogen-bond donors (Lipinski definition) is 2. The maximum Gasteiger partial charge on any atom is 0.168 e. The third kappa shape index (κ3) is 2.48. The summed E-state index contributed by atoms with van der Waals surface area (Å²) in [4.78, 5) is 18.9. The highest BCUT2D eigenvalue weighted by atomic mass is 16.2.